The summed E-state index contributed by atoms with van der Waals surface area (Å²) in [5.41, 5.74) is 1.54. The normalized spacial score (nSPS) is 11.9. The standard InChI is InChI=1S/C28H21F5N8/c1-14-17-7-5-16(11-22(17)39-41(14)3)40(2)25-8-9-34-27(38-25)35-15-4-6-18(19(10-15)28(31,32)33)26-36-23-12-20(29)21(30)13-24(23)37-26/h4-13H,1-3H3,(H,36,37)(H,34,35,38). The molecule has 0 bridgehead atoms. The molecule has 0 saturated carbocycles. The van der Waals surface area contributed by atoms with Gasteiger partial charge in [0.15, 0.2) is 11.6 Å². The van der Waals surface area contributed by atoms with Gasteiger partial charge in [-0.3, -0.25) is 4.68 Å². The molecule has 0 aliphatic rings. The van der Waals surface area contributed by atoms with Crippen LogP contribution in [0.2, 0.25) is 0 Å². The Morgan fingerprint density at radius 2 is 1.71 bits per heavy atom. The van der Waals surface area contributed by atoms with Crippen LogP contribution in [0.4, 0.5) is 45.1 Å². The molecule has 8 nitrogen and oxygen atoms in total. The quantitative estimate of drug-likeness (QED) is 0.219. The van der Waals surface area contributed by atoms with Crippen LogP contribution in [0.15, 0.2) is 60.8 Å². The number of fused-ring (bicyclic) bond motifs is 2. The summed E-state index contributed by atoms with van der Waals surface area (Å²) in [6.07, 6.45) is -3.26. The first-order valence-corrected chi connectivity index (χ1v) is 12.3. The summed E-state index contributed by atoms with van der Waals surface area (Å²) in [7, 11) is 3.68. The van der Waals surface area contributed by atoms with Crippen molar-refractivity contribution in [2.45, 2.75) is 13.1 Å². The SMILES string of the molecule is Cc1c2ccc(N(C)c3ccnc(Nc4ccc(-c5nc6cc(F)c(F)cc6[nH]5)c(C(F)(F)F)c4)n3)cc2nn1C. The summed E-state index contributed by atoms with van der Waals surface area (Å²) in [6.45, 7) is 1.98. The van der Waals surface area contributed by atoms with Crippen LogP contribution in [-0.2, 0) is 13.2 Å². The monoisotopic (exact) mass is 564 g/mol. The Labute approximate surface area is 229 Å². The van der Waals surface area contributed by atoms with E-state index in [1.807, 2.05) is 44.1 Å². The minimum atomic E-state index is -4.76. The number of halogens is 5. The van der Waals surface area contributed by atoms with Crippen molar-refractivity contribution in [1.29, 1.82) is 0 Å². The number of aromatic amines is 1. The molecule has 0 unspecified atom stereocenters. The number of hydrogen-bond acceptors (Lipinski definition) is 6. The molecule has 0 aliphatic heterocycles. The third-order valence-corrected chi connectivity index (χ3v) is 6.85. The fraction of sp³-hybridized carbons (Fsp3) is 0.143. The van der Waals surface area contributed by atoms with Crippen LogP contribution in [0.3, 0.4) is 0 Å². The van der Waals surface area contributed by atoms with Crippen molar-refractivity contribution in [3.63, 3.8) is 0 Å². The highest BCUT2D eigenvalue weighted by molar-refractivity contribution is 5.86. The Kier molecular flexibility index (Phi) is 6.09. The molecule has 0 atom stereocenters. The van der Waals surface area contributed by atoms with Crippen molar-refractivity contribution in [3.05, 3.63) is 83.7 Å². The molecule has 0 radical (unpaired) electrons. The Bertz CT molecular complexity index is 1900. The first-order chi connectivity index (χ1) is 19.5. The van der Waals surface area contributed by atoms with Gasteiger partial charge in [0.05, 0.1) is 22.1 Å². The third kappa shape index (κ3) is 4.79. The minimum Gasteiger partial charge on any atom is -0.338 e. The Morgan fingerprint density at radius 3 is 2.49 bits per heavy atom. The molecule has 3 aromatic heterocycles. The summed E-state index contributed by atoms with van der Waals surface area (Å²) >= 11 is 0. The van der Waals surface area contributed by atoms with Crippen molar-refractivity contribution in [1.82, 2.24) is 29.7 Å². The molecule has 13 heteroatoms. The van der Waals surface area contributed by atoms with E-state index < -0.39 is 23.4 Å². The second kappa shape index (κ2) is 9.54. The van der Waals surface area contributed by atoms with Crippen LogP contribution < -0.4 is 10.2 Å². The maximum Gasteiger partial charge on any atom is 0.417 e. The zero-order chi connectivity index (χ0) is 29.1. The van der Waals surface area contributed by atoms with E-state index in [9.17, 15) is 22.0 Å². The van der Waals surface area contributed by atoms with Gasteiger partial charge in [-0.1, -0.05) is 0 Å². The maximum atomic E-state index is 14.1. The van der Waals surface area contributed by atoms with Crippen molar-refractivity contribution in [2.24, 2.45) is 7.05 Å². The lowest BCUT2D eigenvalue weighted by Gasteiger charge is -2.19. The molecule has 2 N–H and O–H groups in total. The van der Waals surface area contributed by atoms with E-state index >= 15 is 0 Å². The van der Waals surface area contributed by atoms with Gasteiger partial charge < -0.3 is 15.2 Å². The average Bonchev–Trinajstić information content (AvgIpc) is 3.47. The molecule has 6 rings (SSSR count). The first kappa shape index (κ1) is 26.2. The molecule has 41 heavy (non-hydrogen) atoms. The second-order valence-corrected chi connectivity index (χ2v) is 9.46. The van der Waals surface area contributed by atoms with Gasteiger partial charge in [0.2, 0.25) is 5.95 Å². The molecule has 3 aromatic carbocycles. The van der Waals surface area contributed by atoms with Crippen molar-refractivity contribution < 1.29 is 22.0 Å². The van der Waals surface area contributed by atoms with E-state index in [0.717, 1.165) is 40.5 Å². The Balaban J connectivity index is 1.31. The van der Waals surface area contributed by atoms with Crippen molar-refractivity contribution in [2.75, 3.05) is 17.3 Å². The smallest absolute Gasteiger partial charge is 0.338 e. The van der Waals surface area contributed by atoms with E-state index in [2.05, 4.69) is 30.4 Å². The van der Waals surface area contributed by atoms with Gasteiger partial charge in [0.25, 0.3) is 0 Å². The Morgan fingerprint density at radius 1 is 0.927 bits per heavy atom. The highest BCUT2D eigenvalue weighted by Crippen LogP contribution is 2.39. The van der Waals surface area contributed by atoms with Crippen LogP contribution in [0.5, 0.6) is 0 Å². The number of nitrogens with one attached hydrogen (secondary N) is 2. The summed E-state index contributed by atoms with van der Waals surface area (Å²) in [6, 6.07) is 12.7. The van der Waals surface area contributed by atoms with E-state index in [1.54, 1.807) is 10.7 Å². The summed E-state index contributed by atoms with van der Waals surface area (Å²) in [5, 5.41) is 8.37. The summed E-state index contributed by atoms with van der Waals surface area (Å²) < 4.78 is 71.3. The fourth-order valence-electron chi connectivity index (χ4n) is 4.58. The molecular formula is C28H21F5N8. The van der Waals surface area contributed by atoms with E-state index in [4.69, 9.17) is 0 Å². The van der Waals surface area contributed by atoms with Crippen LogP contribution in [-0.4, -0.2) is 36.8 Å². The van der Waals surface area contributed by atoms with Crippen LogP contribution in [0.1, 0.15) is 11.3 Å². The van der Waals surface area contributed by atoms with Gasteiger partial charge in [-0.25, -0.2) is 18.7 Å². The predicted octanol–water partition coefficient (Wildman–Crippen LogP) is 7.02. The number of alkyl halides is 3. The Hall–Kier alpha value is -5.07. The van der Waals surface area contributed by atoms with Gasteiger partial charge in [0, 0.05) is 60.4 Å². The molecule has 0 spiro atoms. The lowest BCUT2D eigenvalue weighted by Crippen LogP contribution is -2.12. The van der Waals surface area contributed by atoms with Gasteiger partial charge in [-0.2, -0.15) is 23.3 Å². The van der Waals surface area contributed by atoms with E-state index in [1.165, 1.54) is 18.3 Å². The number of anilines is 4. The molecular weight excluding hydrogens is 543 g/mol. The van der Waals surface area contributed by atoms with Crippen LogP contribution in [0.25, 0.3) is 33.3 Å². The number of benzene rings is 3. The number of hydrogen-bond donors (Lipinski definition) is 2. The van der Waals surface area contributed by atoms with Crippen molar-refractivity contribution in [3.8, 4) is 11.4 Å². The minimum absolute atomic E-state index is 0.000824. The molecule has 0 saturated heterocycles. The zero-order valence-electron chi connectivity index (χ0n) is 21.8. The number of nitrogens with zero attached hydrogens (tertiary/aromatic N) is 6. The highest BCUT2D eigenvalue weighted by Gasteiger charge is 2.35. The zero-order valence-corrected chi connectivity index (χ0v) is 21.8. The molecule has 0 amide bonds. The second-order valence-electron chi connectivity index (χ2n) is 9.46. The first-order valence-electron chi connectivity index (χ1n) is 12.3. The largest absolute Gasteiger partial charge is 0.417 e. The topological polar surface area (TPSA) is 87.6 Å². The van der Waals surface area contributed by atoms with Crippen LogP contribution >= 0.6 is 0 Å². The van der Waals surface area contributed by atoms with Gasteiger partial charge in [0.1, 0.15) is 11.6 Å². The molecule has 0 aliphatic carbocycles. The van der Waals surface area contributed by atoms with E-state index in [-0.39, 0.29) is 34.1 Å². The average molecular weight is 565 g/mol. The van der Waals surface area contributed by atoms with Gasteiger partial charge in [-0.15, -0.1) is 0 Å². The number of rotatable bonds is 5. The lowest BCUT2D eigenvalue weighted by atomic mass is 10.1. The molecule has 0 fully saturated rings. The van der Waals surface area contributed by atoms with Gasteiger partial charge in [-0.05, 0) is 49.4 Å². The molecule has 208 valence electrons. The maximum absolute atomic E-state index is 14.1. The number of H-pyrrole nitrogens is 1. The summed E-state index contributed by atoms with van der Waals surface area (Å²) in [5.74, 6) is -1.87. The molecule has 3 heterocycles. The van der Waals surface area contributed by atoms with Gasteiger partial charge >= 0.3 is 6.18 Å². The summed E-state index contributed by atoms with van der Waals surface area (Å²) in [4.78, 5) is 17.1. The lowest BCUT2D eigenvalue weighted by molar-refractivity contribution is -0.137. The third-order valence-electron chi connectivity index (χ3n) is 6.85. The van der Waals surface area contributed by atoms with Crippen molar-refractivity contribution >= 4 is 45.1 Å². The predicted molar refractivity (Wildman–Crippen MR) is 145 cm³/mol. The fourth-order valence-corrected chi connectivity index (χ4v) is 4.58. The number of aromatic nitrogens is 6. The molecule has 6 aromatic rings. The van der Waals surface area contributed by atoms with E-state index in [0.29, 0.717) is 5.82 Å². The van der Waals surface area contributed by atoms with Crippen LogP contribution in [0, 0.1) is 18.6 Å². The number of imidazole rings is 1. The number of aryl methyl sites for hydroxylation is 2. The highest BCUT2D eigenvalue weighted by atomic mass is 19.4.